The molecule has 35 heavy (non-hydrogen) atoms. The van der Waals surface area contributed by atoms with Crippen molar-refractivity contribution >= 4 is 51.5 Å². The van der Waals surface area contributed by atoms with Crippen LogP contribution in [0.4, 0.5) is 10.5 Å². The van der Waals surface area contributed by atoms with Crippen molar-refractivity contribution in [3.8, 4) is 28.7 Å². The van der Waals surface area contributed by atoms with Crippen LogP contribution in [0.3, 0.4) is 0 Å². The number of rotatable bonds is 6. The number of urea groups is 1. The summed E-state index contributed by atoms with van der Waals surface area (Å²) in [6, 6.07) is 14.6. The minimum absolute atomic E-state index is 0.265. The highest BCUT2D eigenvalue weighted by atomic mass is 35.5. The van der Waals surface area contributed by atoms with Crippen LogP contribution in [0.2, 0.25) is 5.02 Å². The van der Waals surface area contributed by atoms with Gasteiger partial charge in [0.05, 0.1) is 31.9 Å². The first-order valence-corrected chi connectivity index (χ1v) is 11.4. The standard InChI is InChI=1S/C24H20ClN3O6S/c1-31-19-10-13(11-20(32-2)21(19)33-3)23(29)35-28-24(30)26-14-8-9-18-17(12-14)27-22(34-18)15-6-4-5-7-16(15)25/h4-12H,1-3H3,(H2,26,28,30). The van der Waals surface area contributed by atoms with Crippen molar-refractivity contribution in [3.63, 3.8) is 0 Å². The maximum absolute atomic E-state index is 12.6. The summed E-state index contributed by atoms with van der Waals surface area (Å²) >= 11 is 6.84. The summed E-state index contributed by atoms with van der Waals surface area (Å²) in [6.45, 7) is 0. The topological polar surface area (TPSA) is 112 Å². The fraction of sp³-hybridized carbons (Fsp3) is 0.125. The Morgan fingerprint density at radius 1 is 0.971 bits per heavy atom. The third kappa shape index (κ3) is 5.28. The Morgan fingerprint density at radius 3 is 2.34 bits per heavy atom. The summed E-state index contributed by atoms with van der Waals surface area (Å²) in [4.78, 5) is 29.4. The molecule has 1 heterocycles. The molecule has 0 unspecified atom stereocenters. The lowest BCUT2D eigenvalue weighted by Crippen LogP contribution is -2.24. The summed E-state index contributed by atoms with van der Waals surface area (Å²) in [5, 5.41) is 2.76. The number of oxazole rings is 1. The van der Waals surface area contributed by atoms with E-state index in [1.807, 2.05) is 18.2 Å². The predicted molar refractivity (Wildman–Crippen MR) is 135 cm³/mol. The Kier molecular flexibility index (Phi) is 7.33. The highest BCUT2D eigenvalue weighted by molar-refractivity contribution is 8.12. The number of anilines is 1. The predicted octanol–water partition coefficient (Wildman–Crippen LogP) is 5.78. The summed E-state index contributed by atoms with van der Waals surface area (Å²) < 4.78 is 24.0. The molecule has 1 aromatic heterocycles. The molecule has 0 aliphatic carbocycles. The largest absolute Gasteiger partial charge is 0.493 e. The fourth-order valence-corrected chi connectivity index (χ4v) is 3.95. The van der Waals surface area contributed by atoms with Crippen LogP contribution in [-0.4, -0.2) is 37.5 Å². The zero-order valence-electron chi connectivity index (χ0n) is 18.9. The molecule has 0 spiro atoms. The van der Waals surface area contributed by atoms with E-state index in [1.165, 1.54) is 33.5 Å². The van der Waals surface area contributed by atoms with Gasteiger partial charge in [0.1, 0.15) is 5.52 Å². The number of aromatic nitrogens is 1. The zero-order chi connectivity index (χ0) is 24.9. The fourth-order valence-electron chi connectivity index (χ4n) is 3.26. The maximum atomic E-state index is 12.6. The molecule has 2 amide bonds. The van der Waals surface area contributed by atoms with Crippen LogP contribution in [0.5, 0.6) is 17.2 Å². The molecule has 0 aliphatic rings. The van der Waals surface area contributed by atoms with E-state index in [4.69, 9.17) is 30.2 Å². The number of carbonyl (C=O) groups excluding carboxylic acids is 2. The molecular weight excluding hydrogens is 494 g/mol. The van der Waals surface area contributed by atoms with Crippen molar-refractivity contribution in [1.82, 2.24) is 9.71 Å². The van der Waals surface area contributed by atoms with Gasteiger partial charge in [-0.2, -0.15) is 0 Å². The van der Waals surface area contributed by atoms with Gasteiger partial charge in [-0.15, -0.1) is 0 Å². The minimum Gasteiger partial charge on any atom is -0.493 e. The Bertz CT molecular complexity index is 1380. The number of halogens is 1. The van der Waals surface area contributed by atoms with E-state index >= 15 is 0 Å². The van der Waals surface area contributed by atoms with E-state index in [1.54, 1.807) is 24.3 Å². The average molecular weight is 514 g/mol. The van der Waals surface area contributed by atoms with Gasteiger partial charge in [0.2, 0.25) is 16.8 Å². The number of carbonyl (C=O) groups is 2. The first kappa shape index (κ1) is 24.2. The highest BCUT2D eigenvalue weighted by Crippen LogP contribution is 2.39. The summed E-state index contributed by atoms with van der Waals surface area (Å²) in [5.41, 5.74) is 2.48. The summed E-state index contributed by atoms with van der Waals surface area (Å²) in [5.74, 6) is 1.40. The van der Waals surface area contributed by atoms with Gasteiger partial charge in [-0.25, -0.2) is 9.78 Å². The Hall–Kier alpha value is -3.89. The molecule has 0 radical (unpaired) electrons. The van der Waals surface area contributed by atoms with E-state index in [-0.39, 0.29) is 5.56 Å². The number of ether oxygens (including phenoxy) is 3. The second-order valence-electron chi connectivity index (χ2n) is 7.04. The van der Waals surface area contributed by atoms with E-state index in [2.05, 4.69) is 15.0 Å². The minimum atomic E-state index is -0.593. The number of nitrogens with zero attached hydrogens (tertiary/aromatic N) is 1. The third-order valence-electron chi connectivity index (χ3n) is 4.89. The summed E-state index contributed by atoms with van der Waals surface area (Å²) in [6.07, 6.45) is 0. The zero-order valence-corrected chi connectivity index (χ0v) is 20.5. The maximum Gasteiger partial charge on any atom is 0.329 e. The van der Waals surface area contributed by atoms with E-state index in [0.29, 0.717) is 62.5 Å². The third-order valence-corrected chi connectivity index (χ3v) is 5.92. The van der Waals surface area contributed by atoms with Crippen molar-refractivity contribution < 1.29 is 28.2 Å². The molecule has 3 aromatic carbocycles. The lowest BCUT2D eigenvalue weighted by Gasteiger charge is -2.13. The Balaban J connectivity index is 1.43. The smallest absolute Gasteiger partial charge is 0.329 e. The Labute approximate surface area is 209 Å². The number of fused-ring (bicyclic) bond motifs is 1. The van der Waals surface area contributed by atoms with Crippen molar-refractivity contribution in [2.24, 2.45) is 0 Å². The second-order valence-corrected chi connectivity index (χ2v) is 8.23. The van der Waals surface area contributed by atoms with E-state index in [0.717, 1.165) is 0 Å². The van der Waals surface area contributed by atoms with Crippen LogP contribution in [0, 0.1) is 0 Å². The average Bonchev–Trinajstić information content (AvgIpc) is 3.29. The van der Waals surface area contributed by atoms with E-state index in [9.17, 15) is 9.59 Å². The van der Waals surface area contributed by atoms with Crippen LogP contribution in [0.1, 0.15) is 10.4 Å². The first-order valence-electron chi connectivity index (χ1n) is 10.2. The number of nitrogens with one attached hydrogen (secondary N) is 2. The Morgan fingerprint density at radius 2 is 1.69 bits per heavy atom. The van der Waals surface area contributed by atoms with Gasteiger partial charge in [-0.3, -0.25) is 9.52 Å². The molecule has 11 heteroatoms. The molecule has 2 N–H and O–H groups in total. The molecular formula is C24H20ClN3O6S. The summed E-state index contributed by atoms with van der Waals surface area (Å²) in [7, 11) is 4.37. The quantitative estimate of drug-likeness (QED) is 0.312. The molecule has 4 rings (SSSR count). The van der Waals surface area contributed by atoms with Gasteiger partial charge >= 0.3 is 6.03 Å². The van der Waals surface area contributed by atoms with Gasteiger partial charge in [-0.1, -0.05) is 23.7 Å². The number of amides is 2. The van der Waals surface area contributed by atoms with E-state index < -0.39 is 11.1 Å². The van der Waals surface area contributed by atoms with Crippen LogP contribution in [0.25, 0.3) is 22.6 Å². The molecule has 0 aliphatic heterocycles. The van der Waals surface area contributed by atoms with Crippen LogP contribution < -0.4 is 24.2 Å². The lowest BCUT2D eigenvalue weighted by atomic mass is 10.2. The molecule has 0 fully saturated rings. The van der Waals surface area contributed by atoms with Crippen molar-refractivity contribution in [1.29, 1.82) is 0 Å². The first-order chi connectivity index (χ1) is 16.9. The van der Waals surface area contributed by atoms with Crippen LogP contribution in [0.15, 0.2) is 59.0 Å². The number of benzene rings is 3. The molecule has 0 bridgehead atoms. The molecule has 0 atom stereocenters. The molecule has 180 valence electrons. The van der Waals surface area contributed by atoms with Crippen LogP contribution in [-0.2, 0) is 0 Å². The number of hydrogen-bond donors (Lipinski definition) is 2. The van der Waals surface area contributed by atoms with Gasteiger partial charge < -0.3 is 23.9 Å². The second kappa shape index (κ2) is 10.6. The highest BCUT2D eigenvalue weighted by Gasteiger charge is 2.18. The molecule has 0 saturated carbocycles. The lowest BCUT2D eigenvalue weighted by molar-refractivity contribution is 0.108. The molecule has 0 saturated heterocycles. The van der Waals surface area contributed by atoms with Gasteiger partial charge in [0, 0.05) is 23.2 Å². The van der Waals surface area contributed by atoms with Gasteiger partial charge in [0.15, 0.2) is 17.1 Å². The molecule has 4 aromatic rings. The van der Waals surface area contributed by atoms with Crippen molar-refractivity contribution in [3.05, 3.63) is 65.2 Å². The van der Waals surface area contributed by atoms with Gasteiger partial charge in [-0.05, 0) is 42.5 Å². The molecule has 9 nitrogen and oxygen atoms in total. The number of methoxy groups -OCH3 is 3. The van der Waals surface area contributed by atoms with Crippen molar-refractivity contribution in [2.75, 3.05) is 26.6 Å². The van der Waals surface area contributed by atoms with Crippen molar-refractivity contribution in [2.45, 2.75) is 0 Å². The van der Waals surface area contributed by atoms with Crippen LogP contribution >= 0.6 is 23.5 Å². The monoisotopic (exact) mass is 513 g/mol. The number of hydrogen-bond acceptors (Lipinski definition) is 8. The van der Waals surface area contributed by atoms with Gasteiger partial charge in [0.25, 0.3) is 0 Å². The normalized spacial score (nSPS) is 10.6. The SMILES string of the molecule is COc1cc(C(=O)SNC(=O)Nc2ccc3oc(-c4ccccc4Cl)nc3c2)cc(OC)c1OC.